The van der Waals surface area contributed by atoms with Gasteiger partial charge in [0.1, 0.15) is 0 Å². The van der Waals surface area contributed by atoms with Crippen LogP contribution in [0.2, 0.25) is 0 Å². The summed E-state index contributed by atoms with van der Waals surface area (Å²) >= 11 is 2.04. The van der Waals surface area contributed by atoms with Gasteiger partial charge in [-0.25, -0.2) is 0 Å². The highest BCUT2D eigenvalue weighted by Crippen LogP contribution is 2.34. The molecule has 1 aliphatic rings. The van der Waals surface area contributed by atoms with Crippen LogP contribution in [-0.2, 0) is 0 Å². The van der Waals surface area contributed by atoms with Gasteiger partial charge < -0.3 is 10.0 Å². The highest BCUT2D eigenvalue weighted by molar-refractivity contribution is 7.99. The van der Waals surface area contributed by atoms with Crippen molar-refractivity contribution in [2.45, 2.75) is 39.5 Å². The molecule has 0 bridgehead atoms. The molecule has 96 valence electrons. The van der Waals surface area contributed by atoms with Gasteiger partial charge in [-0.2, -0.15) is 11.8 Å². The van der Waals surface area contributed by atoms with Gasteiger partial charge in [0.25, 0.3) is 0 Å². The van der Waals surface area contributed by atoms with E-state index < -0.39 is 0 Å². The minimum Gasteiger partial charge on any atom is -0.396 e. The maximum atomic E-state index is 9.45. The average Bonchev–Trinajstić information content (AvgIpc) is 2.36. The van der Waals surface area contributed by atoms with Crippen LogP contribution in [0.15, 0.2) is 0 Å². The lowest BCUT2D eigenvalue weighted by Crippen LogP contribution is -2.42. The fourth-order valence-corrected chi connectivity index (χ4v) is 3.03. The van der Waals surface area contributed by atoms with Crippen LogP contribution in [-0.4, -0.2) is 47.8 Å². The molecule has 3 heteroatoms. The molecule has 1 heterocycles. The van der Waals surface area contributed by atoms with Gasteiger partial charge in [-0.05, 0) is 62.2 Å². The van der Waals surface area contributed by atoms with Crippen LogP contribution in [0.1, 0.15) is 39.5 Å². The van der Waals surface area contributed by atoms with E-state index in [2.05, 4.69) is 18.7 Å². The molecule has 0 radical (unpaired) electrons. The lowest BCUT2D eigenvalue weighted by Gasteiger charge is -2.40. The Morgan fingerprint density at radius 2 is 1.94 bits per heavy atom. The molecule has 0 aromatic carbocycles. The Kier molecular flexibility index (Phi) is 6.78. The number of piperidine rings is 1. The molecule has 1 N–H and O–H groups in total. The molecule has 1 saturated heterocycles. The van der Waals surface area contributed by atoms with Crippen molar-refractivity contribution in [3.05, 3.63) is 0 Å². The number of thioether (sulfide) groups is 1. The standard InChI is InChI=1S/C13H27NOS/c1-3-13(12-15)6-9-14(10-7-13)8-5-11-16-4-2/h15H,3-12H2,1-2H3. The lowest BCUT2D eigenvalue weighted by molar-refractivity contribution is 0.0411. The summed E-state index contributed by atoms with van der Waals surface area (Å²) < 4.78 is 0. The number of likely N-dealkylation sites (tertiary alicyclic amines) is 1. The quantitative estimate of drug-likeness (QED) is 0.698. The molecule has 0 aliphatic carbocycles. The molecule has 1 fully saturated rings. The number of hydrogen-bond donors (Lipinski definition) is 1. The maximum absolute atomic E-state index is 9.45. The summed E-state index contributed by atoms with van der Waals surface area (Å²) in [5.74, 6) is 2.54. The van der Waals surface area contributed by atoms with E-state index in [1.165, 1.54) is 50.4 Å². The van der Waals surface area contributed by atoms with Crippen molar-refractivity contribution >= 4 is 11.8 Å². The van der Waals surface area contributed by atoms with Crippen LogP contribution in [0.5, 0.6) is 0 Å². The first-order valence-electron chi connectivity index (χ1n) is 6.67. The van der Waals surface area contributed by atoms with Gasteiger partial charge in [0.15, 0.2) is 0 Å². The van der Waals surface area contributed by atoms with E-state index >= 15 is 0 Å². The fraction of sp³-hybridized carbons (Fsp3) is 1.00. The van der Waals surface area contributed by atoms with Crippen molar-refractivity contribution in [1.82, 2.24) is 4.90 Å². The number of aliphatic hydroxyl groups excluding tert-OH is 1. The highest BCUT2D eigenvalue weighted by atomic mass is 32.2. The first kappa shape index (κ1) is 14.3. The Morgan fingerprint density at radius 3 is 2.44 bits per heavy atom. The van der Waals surface area contributed by atoms with Crippen LogP contribution in [0.25, 0.3) is 0 Å². The zero-order valence-electron chi connectivity index (χ0n) is 10.9. The number of hydrogen-bond acceptors (Lipinski definition) is 3. The summed E-state index contributed by atoms with van der Waals surface area (Å²) in [6, 6.07) is 0. The van der Waals surface area contributed by atoms with E-state index in [1.54, 1.807) is 0 Å². The molecule has 0 spiro atoms. The summed E-state index contributed by atoms with van der Waals surface area (Å²) in [6.45, 7) is 8.43. The van der Waals surface area contributed by atoms with Gasteiger partial charge >= 0.3 is 0 Å². The topological polar surface area (TPSA) is 23.5 Å². The molecule has 1 aliphatic heterocycles. The minimum absolute atomic E-state index is 0.245. The fourth-order valence-electron chi connectivity index (χ4n) is 2.41. The van der Waals surface area contributed by atoms with Crippen molar-refractivity contribution in [2.24, 2.45) is 5.41 Å². The molecular weight excluding hydrogens is 218 g/mol. The smallest absolute Gasteiger partial charge is 0.0488 e. The van der Waals surface area contributed by atoms with Crippen LogP contribution in [0.3, 0.4) is 0 Å². The molecular formula is C13H27NOS. The SMILES string of the molecule is CCSCCCN1CCC(CC)(CO)CC1. The highest BCUT2D eigenvalue weighted by Gasteiger charge is 2.31. The molecule has 0 aromatic heterocycles. The monoisotopic (exact) mass is 245 g/mol. The molecule has 0 unspecified atom stereocenters. The van der Waals surface area contributed by atoms with E-state index in [0.717, 1.165) is 6.42 Å². The largest absolute Gasteiger partial charge is 0.396 e. The predicted octanol–water partition coefficient (Wildman–Crippen LogP) is 2.61. The van der Waals surface area contributed by atoms with Crippen molar-refractivity contribution < 1.29 is 5.11 Å². The second kappa shape index (κ2) is 7.57. The van der Waals surface area contributed by atoms with Crippen LogP contribution in [0, 0.1) is 5.41 Å². The maximum Gasteiger partial charge on any atom is 0.0488 e. The summed E-state index contributed by atoms with van der Waals surface area (Å²) in [5, 5.41) is 9.45. The second-order valence-corrected chi connectivity index (χ2v) is 6.30. The van der Waals surface area contributed by atoms with Gasteiger partial charge in [-0.3, -0.25) is 0 Å². The Morgan fingerprint density at radius 1 is 1.25 bits per heavy atom. The summed E-state index contributed by atoms with van der Waals surface area (Å²) in [7, 11) is 0. The molecule has 2 nitrogen and oxygen atoms in total. The normalized spacial score (nSPS) is 21.2. The third kappa shape index (κ3) is 4.27. The Balaban J connectivity index is 2.16. The van der Waals surface area contributed by atoms with E-state index in [0.29, 0.717) is 6.61 Å². The summed E-state index contributed by atoms with van der Waals surface area (Å²) in [5.41, 5.74) is 0.245. The average molecular weight is 245 g/mol. The van der Waals surface area contributed by atoms with Gasteiger partial charge in [0.2, 0.25) is 0 Å². The van der Waals surface area contributed by atoms with Crippen LogP contribution >= 0.6 is 11.8 Å². The number of rotatable bonds is 7. The number of nitrogens with zero attached hydrogens (tertiary/aromatic N) is 1. The Labute approximate surface area is 105 Å². The lowest BCUT2D eigenvalue weighted by atomic mass is 9.77. The van der Waals surface area contributed by atoms with Crippen LogP contribution < -0.4 is 0 Å². The van der Waals surface area contributed by atoms with E-state index in [-0.39, 0.29) is 5.41 Å². The molecule has 0 atom stereocenters. The molecule has 0 saturated carbocycles. The van der Waals surface area contributed by atoms with Crippen molar-refractivity contribution in [2.75, 3.05) is 37.7 Å². The van der Waals surface area contributed by atoms with Gasteiger partial charge in [0.05, 0.1) is 0 Å². The molecule has 0 aromatic rings. The molecule has 16 heavy (non-hydrogen) atoms. The molecule has 1 rings (SSSR count). The first-order valence-corrected chi connectivity index (χ1v) is 7.83. The van der Waals surface area contributed by atoms with E-state index in [1.807, 2.05) is 11.8 Å². The Bertz CT molecular complexity index is 173. The predicted molar refractivity (Wildman–Crippen MR) is 73.1 cm³/mol. The van der Waals surface area contributed by atoms with Crippen molar-refractivity contribution in [3.63, 3.8) is 0 Å². The van der Waals surface area contributed by atoms with Gasteiger partial charge in [-0.1, -0.05) is 13.8 Å². The first-order chi connectivity index (χ1) is 7.76. The van der Waals surface area contributed by atoms with Gasteiger partial charge in [0, 0.05) is 6.61 Å². The third-order valence-corrected chi connectivity index (χ3v) is 4.95. The zero-order chi connectivity index (χ0) is 11.9. The van der Waals surface area contributed by atoms with E-state index in [4.69, 9.17) is 0 Å². The second-order valence-electron chi connectivity index (χ2n) is 4.90. The van der Waals surface area contributed by atoms with E-state index in [9.17, 15) is 5.11 Å². The molecule has 0 amide bonds. The minimum atomic E-state index is 0.245. The van der Waals surface area contributed by atoms with Crippen molar-refractivity contribution in [1.29, 1.82) is 0 Å². The summed E-state index contributed by atoms with van der Waals surface area (Å²) in [6.07, 6.45) is 4.81. The Hall–Kier alpha value is 0.270. The third-order valence-electron chi connectivity index (χ3n) is 3.97. The van der Waals surface area contributed by atoms with Crippen LogP contribution in [0.4, 0.5) is 0 Å². The summed E-state index contributed by atoms with van der Waals surface area (Å²) in [4.78, 5) is 2.57. The van der Waals surface area contributed by atoms with Gasteiger partial charge in [-0.15, -0.1) is 0 Å². The number of aliphatic hydroxyl groups is 1. The van der Waals surface area contributed by atoms with Crippen molar-refractivity contribution in [3.8, 4) is 0 Å². The zero-order valence-corrected chi connectivity index (χ0v) is 11.7.